The van der Waals surface area contributed by atoms with Gasteiger partial charge >= 0.3 is 0 Å². The first-order valence-corrected chi connectivity index (χ1v) is 14.2. The molecule has 3 rings (SSSR count). The van der Waals surface area contributed by atoms with Crippen molar-refractivity contribution in [1.82, 2.24) is 0 Å². The van der Waals surface area contributed by atoms with Gasteiger partial charge in [-0.1, -0.05) is 80.5 Å². The molecule has 0 bridgehead atoms. The second-order valence-electron chi connectivity index (χ2n) is 14.6. The molecule has 39 heavy (non-hydrogen) atoms. The van der Waals surface area contributed by atoms with E-state index in [1.54, 1.807) is 0 Å². The van der Waals surface area contributed by atoms with Crippen LogP contribution >= 0.6 is 0 Å². The molecule has 3 heteroatoms. The number of benzene rings is 3. The predicted octanol–water partition coefficient (Wildman–Crippen LogP) is 9.39. The van der Waals surface area contributed by atoms with Gasteiger partial charge in [-0.05, 0) is 118 Å². The fourth-order valence-corrected chi connectivity index (χ4v) is 5.75. The van der Waals surface area contributed by atoms with Crippen molar-refractivity contribution in [2.75, 3.05) is 0 Å². The predicted molar refractivity (Wildman–Crippen MR) is 165 cm³/mol. The molecule has 0 spiro atoms. The van der Waals surface area contributed by atoms with E-state index in [1.165, 1.54) is 22.3 Å². The SMILES string of the molecule is Cc1cc(CCC(c2cc(C)c(O)cc2C(C)(C)C)c2cc(C)c(O)cc2C(C)(C)C)c(C(C)(C)C)cc1O. The van der Waals surface area contributed by atoms with Crippen LogP contribution in [-0.4, -0.2) is 15.3 Å². The van der Waals surface area contributed by atoms with Gasteiger partial charge in [0.05, 0.1) is 0 Å². The van der Waals surface area contributed by atoms with Gasteiger partial charge in [0.25, 0.3) is 0 Å². The third kappa shape index (κ3) is 6.62. The van der Waals surface area contributed by atoms with E-state index in [2.05, 4.69) is 80.5 Å². The lowest BCUT2D eigenvalue weighted by atomic mass is 9.71. The Balaban J connectivity index is 2.33. The average molecular weight is 531 g/mol. The maximum atomic E-state index is 10.7. The second kappa shape index (κ2) is 10.6. The molecule has 3 N–H and O–H groups in total. The summed E-state index contributed by atoms with van der Waals surface area (Å²) in [4.78, 5) is 0. The molecular formula is C36H50O3. The Morgan fingerprint density at radius 3 is 1.21 bits per heavy atom. The highest BCUT2D eigenvalue weighted by Crippen LogP contribution is 2.45. The van der Waals surface area contributed by atoms with Crippen molar-refractivity contribution < 1.29 is 15.3 Å². The Morgan fingerprint density at radius 2 is 0.846 bits per heavy atom. The van der Waals surface area contributed by atoms with Gasteiger partial charge in [-0.3, -0.25) is 0 Å². The van der Waals surface area contributed by atoms with Gasteiger partial charge in [0.2, 0.25) is 0 Å². The van der Waals surface area contributed by atoms with E-state index in [4.69, 9.17) is 0 Å². The third-order valence-electron chi connectivity index (χ3n) is 8.04. The van der Waals surface area contributed by atoms with E-state index in [-0.39, 0.29) is 22.2 Å². The molecule has 3 aromatic rings. The smallest absolute Gasteiger partial charge is 0.118 e. The monoisotopic (exact) mass is 530 g/mol. The number of aromatic hydroxyl groups is 3. The molecule has 0 aliphatic heterocycles. The Kier molecular flexibility index (Phi) is 8.29. The van der Waals surface area contributed by atoms with Gasteiger partial charge < -0.3 is 15.3 Å². The van der Waals surface area contributed by atoms with Crippen molar-refractivity contribution in [3.8, 4) is 17.2 Å². The van der Waals surface area contributed by atoms with E-state index in [1.807, 2.05) is 39.0 Å². The van der Waals surface area contributed by atoms with Crippen molar-refractivity contribution in [3.63, 3.8) is 0 Å². The molecule has 0 aromatic heterocycles. The van der Waals surface area contributed by atoms with Gasteiger partial charge in [-0.25, -0.2) is 0 Å². The molecule has 0 radical (unpaired) electrons. The molecule has 212 valence electrons. The van der Waals surface area contributed by atoms with Crippen molar-refractivity contribution in [2.45, 2.75) is 118 Å². The molecule has 3 nitrogen and oxygen atoms in total. The Morgan fingerprint density at radius 1 is 0.513 bits per heavy atom. The quantitative estimate of drug-likeness (QED) is 0.308. The highest BCUT2D eigenvalue weighted by Gasteiger charge is 2.31. The molecule has 0 fully saturated rings. The Hall–Kier alpha value is -2.94. The lowest BCUT2D eigenvalue weighted by Crippen LogP contribution is -2.21. The Labute approximate surface area is 236 Å². The maximum absolute atomic E-state index is 10.7. The van der Waals surface area contributed by atoms with Crippen molar-refractivity contribution >= 4 is 0 Å². The van der Waals surface area contributed by atoms with Gasteiger partial charge in [-0.15, -0.1) is 0 Å². The molecule has 0 unspecified atom stereocenters. The minimum absolute atomic E-state index is 0.0500. The molecule has 0 aliphatic carbocycles. The van der Waals surface area contributed by atoms with Crippen molar-refractivity contribution in [3.05, 3.63) is 86.5 Å². The summed E-state index contributed by atoms with van der Waals surface area (Å²) in [6.45, 7) is 25.7. The van der Waals surface area contributed by atoms with Gasteiger partial charge in [0.15, 0.2) is 0 Å². The zero-order chi connectivity index (χ0) is 29.7. The summed E-state index contributed by atoms with van der Waals surface area (Å²) in [6, 6.07) is 12.3. The minimum atomic E-state index is -0.168. The summed E-state index contributed by atoms with van der Waals surface area (Å²) in [5.74, 6) is 1.04. The summed E-state index contributed by atoms with van der Waals surface area (Å²) in [6.07, 6.45) is 1.69. The first-order chi connectivity index (χ1) is 17.7. The fourth-order valence-electron chi connectivity index (χ4n) is 5.75. The maximum Gasteiger partial charge on any atom is 0.118 e. The molecule has 0 heterocycles. The Bertz CT molecular complexity index is 1290. The topological polar surface area (TPSA) is 60.7 Å². The number of rotatable bonds is 5. The first-order valence-electron chi connectivity index (χ1n) is 14.2. The normalized spacial score (nSPS) is 12.8. The molecule has 0 aliphatic rings. The lowest BCUT2D eigenvalue weighted by molar-refractivity contribution is 0.463. The van der Waals surface area contributed by atoms with Crippen molar-refractivity contribution in [1.29, 1.82) is 0 Å². The number of hydrogen-bond donors (Lipinski definition) is 3. The zero-order valence-electron chi connectivity index (χ0n) is 26.3. The van der Waals surface area contributed by atoms with E-state index in [9.17, 15) is 15.3 Å². The molecule has 0 saturated carbocycles. The number of phenolic OH excluding ortho intramolecular Hbond substituents is 3. The van der Waals surface area contributed by atoms with Crippen LogP contribution in [0.25, 0.3) is 0 Å². The van der Waals surface area contributed by atoms with Crippen LogP contribution in [0.4, 0.5) is 0 Å². The minimum Gasteiger partial charge on any atom is -0.508 e. The van der Waals surface area contributed by atoms with Crippen LogP contribution in [0.1, 0.15) is 125 Å². The summed E-state index contributed by atoms with van der Waals surface area (Å²) in [5.41, 5.74) is 9.33. The van der Waals surface area contributed by atoms with Crippen LogP contribution in [-0.2, 0) is 22.7 Å². The van der Waals surface area contributed by atoms with Crippen LogP contribution in [0, 0.1) is 20.8 Å². The third-order valence-corrected chi connectivity index (χ3v) is 8.04. The summed E-state index contributed by atoms with van der Waals surface area (Å²) < 4.78 is 0. The lowest BCUT2D eigenvalue weighted by Gasteiger charge is -2.33. The van der Waals surface area contributed by atoms with Crippen LogP contribution in [0.3, 0.4) is 0 Å². The van der Waals surface area contributed by atoms with E-state index in [0.29, 0.717) is 17.2 Å². The van der Waals surface area contributed by atoms with Crippen LogP contribution in [0.15, 0.2) is 36.4 Å². The summed E-state index contributed by atoms with van der Waals surface area (Å²) >= 11 is 0. The zero-order valence-corrected chi connectivity index (χ0v) is 26.3. The van der Waals surface area contributed by atoms with E-state index in [0.717, 1.165) is 40.7 Å². The number of phenols is 3. The van der Waals surface area contributed by atoms with E-state index >= 15 is 0 Å². The highest BCUT2D eigenvalue weighted by molar-refractivity contribution is 5.54. The van der Waals surface area contributed by atoms with Gasteiger partial charge in [0, 0.05) is 5.92 Å². The van der Waals surface area contributed by atoms with E-state index < -0.39 is 0 Å². The molecule has 0 saturated heterocycles. The van der Waals surface area contributed by atoms with Gasteiger partial charge in [0.1, 0.15) is 17.2 Å². The second-order valence-corrected chi connectivity index (χ2v) is 14.6. The van der Waals surface area contributed by atoms with Crippen LogP contribution in [0.5, 0.6) is 17.2 Å². The molecule has 0 amide bonds. The fraction of sp³-hybridized carbons (Fsp3) is 0.500. The molecular weight excluding hydrogens is 480 g/mol. The summed E-state index contributed by atoms with van der Waals surface area (Å²) in [5, 5.41) is 32.0. The van der Waals surface area contributed by atoms with Crippen LogP contribution < -0.4 is 0 Å². The average Bonchev–Trinajstić information content (AvgIpc) is 2.77. The van der Waals surface area contributed by atoms with Crippen LogP contribution in [0.2, 0.25) is 0 Å². The highest BCUT2D eigenvalue weighted by atomic mass is 16.3. The number of hydrogen-bond acceptors (Lipinski definition) is 3. The standard InChI is InChI=1S/C36H50O3/c1-21-15-24(28(18-31(21)37)34(4,5)6)13-14-25(26-16-22(2)32(38)19-29(26)35(7,8)9)27-17-23(3)33(39)20-30(27)36(10,11)12/h15-20,25,37-39H,13-14H2,1-12H3. The molecule has 0 atom stereocenters. The largest absolute Gasteiger partial charge is 0.508 e. The van der Waals surface area contributed by atoms with Crippen molar-refractivity contribution in [2.24, 2.45) is 0 Å². The summed E-state index contributed by atoms with van der Waals surface area (Å²) in [7, 11) is 0. The molecule has 3 aromatic carbocycles. The number of aryl methyl sites for hydroxylation is 4. The first kappa shape index (κ1) is 30.6. The van der Waals surface area contributed by atoms with Gasteiger partial charge in [-0.2, -0.15) is 0 Å².